The van der Waals surface area contributed by atoms with Crippen LogP contribution in [0.1, 0.15) is 46.8 Å². The molecule has 2 heterocycles. The molecule has 264 valence electrons. The Morgan fingerprint density at radius 3 is 2.15 bits per heavy atom. The molecule has 11 heteroatoms. The lowest BCUT2D eigenvalue weighted by atomic mass is 9.86. The number of rotatable bonds is 11. The van der Waals surface area contributed by atoms with E-state index in [4.69, 9.17) is 4.74 Å². The van der Waals surface area contributed by atoms with Crippen molar-refractivity contribution in [2.75, 3.05) is 12.4 Å². The first kappa shape index (κ1) is 34.9. The average Bonchev–Trinajstić information content (AvgIpc) is 3.80. The molecule has 4 aromatic carbocycles. The van der Waals surface area contributed by atoms with E-state index in [1.54, 1.807) is 47.4 Å². The highest BCUT2D eigenvalue weighted by atomic mass is 32.2. The molecule has 3 aliphatic rings. The molecule has 8 nitrogen and oxygen atoms in total. The number of ketones is 2. The second-order valence-electron chi connectivity index (χ2n) is 13.1. The zero-order valence-electron chi connectivity index (χ0n) is 28.5. The molecule has 0 bridgehead atoms. The molecule has 1 N–H and O–H groups in total. The number of halogens is 2. The van der Waals surface area contributed by atoms with Gasteiger partial charge in [-0.05, 0) is 35.4 Å². The number of nitrogens with one attached hydrogen (secondary N) is 1. The minimum atomic E-state index is -1.15. The molecule has 0 saturated heterocycles. The van der Waals surface area contributed by atoms with Crippen molar-refractivity contribution in [3.63, 3.8) is 0 Å². The van der Waals surface area contributed by atoms with E-state index in [9.17, 15) is 19.2 Å². The van der Waals surface area contributed by atoms with Gasteiger partial charge in [0.15, 0.2) is 17.2 Å². The SMILES string of the molecule is CC(=O)OC1(C(=O)Nc2ccc(C3=C(N(C)Cc4ccccc4)C4C(=O)C(C(=O)c5ccccc5)=CN(Cc5c(F)cccc5F)C4S3)cc2)CC1. The van der Waals surface area contributed by atoms with Crippen molar-refractivity contribution in [2.24, 2.45) is 5.92 Å². The summed E-state index contributed by atoms with van der Waals surface area (Å²) in [5.41, 5.74) is 1.83. The number of benzene rings is 4. The summed E-state index contributed by atoms with van der Waals surface area (Å²) < 4.78 is 35.5. The van der Waals surface area contributed by atoms with Crippen LogP contribution in [-0.4, -0.2) is 51.3 Å². The summed E-state index contributed by atoms with van der Waals surface area (Å²) in [6, 6.07) is 29.0. The zero-order chi connectivity index (χ0) is 36.6. The second-order valence-corrected chi connectivity index (χ2v) is 14.3. The number of thioether (sulfide) groups is 1. The number of amides is 1. The number of carbonyl (C=O) groups is 4. The van der Waals surface area contributed by atoms with Gasteiger partial charge in [0.25, 0.3) is 5.91 Å². The lowest BCUT2D eigenvalue weighted by Crippen LogP contribution is -2.45. The zero-order valence-corrected chi connectivity index (χ0v) is 29.3. The maximum Gasteiger partial charge on any atom is 0.303 e. The first-order valence-electron chi connectivity index (χ1n) is 16.9. The van der Waals surface area contributed by atoms with Crippen LogP contribution in [0.15, 0.2) is 121 Å². The topological polar surface area (TPSA) is 96.0 Å². The van der Waals surface area contributed by atoms with Gasteiger partial charge in [-0.3, -0.25) is 19.2 Å². The van der Waals surface area contributed by atoms with Crippen molar-refractivity contribution >= 4 is 45.8 Å². The Labute approximate surface area is 304 Å². The van der Waals surface area contributed by atoms with E-state index >= 15 is 8.78 Å². The fraction of sp³-hybridized carbons (Fsp3) is 0.220. The quantitative estimate of drug-likeness (QED) is 0.0978. The number of ether oxygens (including phenoxy) is 1. The normalized spacial score (nSPS) is 18.7. The number of esters is 1. The summed E-state index contributed by atoms with van der Waals surface area (Å²) in [5.74, 6) is -4.10. The average molecular weight is 720 g/mol. The van der Waals surface area contributed by atoms with Crippen LogP contribution in [0.25, 0.3) is 4.91 Å². The van der Waals surface area contributed by atoms with Crippen molar-refractivity contribution in [1.82, 2.24) is 9.80 Å². The van der Waals surface area contributed by atoms with Gasteiger partial charge in [-0.2, -0.15) is 0 Å². The largest absolute Gasteiger partial charge is 0.449 e. The molecule has 1 saturated carbocycles. The van der Waals surface area contributed by atoms with Gasteiger partial charge in [0.05, 0.1) is 16.9 Å². The molecule has 7 rings (SSSR count). The van der Waals surface area contributed by atoms with Gasteiger partial charge < -0.3 is 19.9 Å². The maximum absolute atomic E-state index is 15.1. The van der Waals surface area contributed by atoms with Gasteiger partial charge in [-0.1, -0.05) is 90.6 Å². The fourth-order valence-electron chi connectivity index (χ4n) is 6.71. The van der Waals surface area contributed by atoms with Gasteiger partial charge in [0.1, 0.15) is 11.6 Å². The molecular formula is C41H35F2N3O5S. The third kappa shape index (κ3) is 6.88. The molecule has 52 heavy (non-hydrogen) atoms. The Bertz CT molecular complexity index is 2100. The van der Waals surface area contributed by atoms with E-state index in [0.717, 1.165) is 16.0 Å². The third-order valence-electron chi connectivity index (χ3n) is 9.44. The van der Waals surface area contributed by atoms with Crippen LogP contribution in [-0.2, 0) is 32.2 Å². The van der Waals surface area contributed by atoms with Crippen molar-refractivity contribution in [1.29, 1.82) is 0 Å². The van der Waals surface area contributed by atoms with Crippen molar-refractivity contribution in [2.45, 2.75) is 43.8 Å². The van der Waals surface area contributed by atoms with Crippen molar-refractivity contribution < 1.29 is 32.7 Å². The summed E-state index contributed by atoms with van der Waals surface area (Å²) in [6.07, 6.45) is 2.35. The van der Waals surface area contributed by atoms with Crippen LogP contribution in [0, 0.1) is 17.6 Å². The van der Waals surface area contributed by atoms with E-state index in [1.165, 1.54) is 43.1 Å². The number of hydrogen-bond donors (Lipinski definition) is 1. The third-order valence-corrected chi connectivity index (χ3v) is 10.9. The summed E-state index contributed by atoms with van der Waals surface area (Å²) in [6.45, 7) is 1.49. The molecule has 0 aromatic heterocycles. The minimum absolute atomic E-state index is 0.0727. The number of Topliss-reactive ketones (excluding diaryl/α,β-unsaturated/α-hetero) is 2. The van der Waals surface area contributed by atoms with Crippen LogP contribution in [0.4, 0.5) is 14.5 Å². The fourth-order valence-corrected chi connectivity index (χ4v) is 8.29. The van der Waals surface area contributed by atoms with Crippen LogP contribution in [0.2, 0.25) is 0 Å². The lowest BCUT2D eigenvalue weighted by molar-refractivity contribution is -0.154. The van der Waals surface area contributed by atoms with Crippen molar-refractivity contribution in [3.05, 3.63) is 154 Å². The molecule has 2 atom stereocenters. The number of anilines is 1. The summed E-state index contributed by atoms with van der Waals surface area (Å²) in [7, 11) is 1.88. The monoisotopic (exact) mass is 719 g/mol. The minimum Gasteiger partial charge on any atom is -0.449 e. The highest BCUT2D eigenvalue weighted by Gasteiger charge is 2.54. The highest BCUT2D eigenvalue weighted by Crippen LogP contribution is 2.53. The van der Waals surface area contributed by atoms with Crippen LogP contribution >= 0.6 is 11.8 Å². The summed E-state index contributed by atoms with van der Waals surface area (Å²) >= 11 is 1.39. The van der Waals surface area contributed by atoms with Crippen LogP contribution < -0.4 is 5.32 Å². The first-order chi connectivity index (χ1) is 25.0. The Morgan fingerprint density at radius 2 is 1.54 bits per heavy atom. The Balaban J connectivity index is 1.29. The van der Waals surface area contributed by atoms with Gasteiger partial charge in [-0.15, -0.1) is 0 Å². The Morgan fingerprint density at radius 1 is 0.904 bits per heavy atom. The van der Waals surface area contributed by atoms with E-state index in [2.05, 4.69) is 5.32 Å². The summed E-state index contributed by atoms with van der Waals surface area (Å²) in [4.78, 5) is 57.6. The smallest absolute Gasteiger partial charge is 0.303 e. The first-order valence-corrected chi connectivity index (χ1v) is 17.7. The van der Waals surface area contributed by atoms with Crippen LogP contribution in [0.5, 0.6) is 0 Å². The molecule has 2 unspecified atom stereocenters. The molecule has 1 fully saturated rings. The van der Waals surface area contributed by atoms with E-state index in [-0.39, 0.29) is 23.5 Å². The standard InChI is InChI=1S/C41H35F2N3O5S/c1-25(47)51-41(20-21-41)40(50)44-29-18-16-28(17-19-29)38-35(45(2)22-26-10-5-3-6-11-26)34-37(49)31(36(48)27-12-7-4-8-13-27)24-46(39(34)52-38)23-30-32(42)14-9-15-33(30)43/h3-19,24,34,39H,20-23H2,1-2H3,(H,44,50). The molecule has 1 aliphatic carbocycles. The van der Waals surface area contributed by atoms with E-state index < -0.39 is 46.2 Å². The number of hydrogen-bond acceptors (Lipinski definition) is 8. The second kappa shape index (κ2) is 14.2. The van der Waals surface area contributed by atoms with Crippen molar-refractivity contribution in [3.8, 4) is 0 Å². The van der Waals surface area contributed by atoms with E-state index in [1.807, 2.05) is 54.4 Å². The molecular weight excluding hydrogens is 685 g/mol. The Kier molecular flexibility index (Phi) is 9.54. The molecule has 2 aliphatic heterocycles. The molecule has 1 amide bonds. The van der Waals surface area contributed by atoms with Crippen LogP contribution in [0.3, 0.4) is 0 Å². The predicted octanol–water partition coefficient (Wildman–Crippen LogP) is 7.34. The van der Waals surface area contributed by atoms with E-state index in [0.29, 0.717) is 36.3 Å². The van der Waals surface area contributed by atoms with Gasteiger partial charge in [0, 0.05) is 73.5 Å². The number of nitrogens with zero attached hydrogens (tertiary/aromatic N) is 2. The number of allylic oxidation sites excluding steroid dienone is 1. The van der Waals surface area contributed by atoms with Gasteiger partial charge >= 0.3 is 5.97 Å². The highest BCUT2D eigenvalue weighted by molar-refractivity contribution is 8.09. The number of carbonyl (C=O) groups excluding carboxylic acids is 4. The molecule has 4 aromatic rings. The predicted molar refractivity (Wildman–Crippen MR) is 194 cm³/mol. The maximum atomic E-state index is 15.1. The van der Waals surface area contributed by atoms with Gasteiger partial charge in [-0.25, -0.2) is 8.78 Å². The Hall–Kier alpha value is -5.55. The van der Waals surface area contributed by atoms with Gasteiger partial charge in [0.2, 0.25) is 0 Å². The number of fused-ring (bicyclic) bond motifs is 1. The molecule has 0 spiro atoms. The lowest BCUT2D eigenvalue weighted by Gasteiger charge is -2.38. The summed E-state index contributed by atoms with van der Waals surface area (Å²) in [5, 5.41) is 2.20. The molecule has 0 radical (unpaired) electrons.